The summed E-state index contributed by atoms with van der Waals surface area (Å²) in [6, 6.07) is 12.3. The maximum Gasteiger partial charge on any atom is 0.122 e. The molecule has 0 saturated heterocycles. The van der Waals surface area contributed by atoms with Crippen LogP contribution in [0.25, 0.3) is 0 Å². The van der Waals surface area contributed by atoms with Crippen molar-refractivity contribution in [1.29, 1.82) is 0 Å². The molecule has 0 amide bonds. The maximum atomic E-state index is 5.80. The molecule has 3 heteroatoms. The largest absolute Gasteiger partial charge is 0.489 e. The van der Waals surface area contributed by atoms with Crippen LogP contribution in [-0.4, -0.2) is 0 Å². The topological polar surface area (TPSA) is 35.2 Å². The van der Waals surface area contributed by atoms with Crippen LogP contribution < -0.4 is 10.5 Å². The lowest BCUT2D eigenvalue weighted by atomic mass is 10.1. The number of hydrogen-bond donors (Lipinski definition) is 1. The van der Waals surface area contributed by atoms with Gasteiger partial charge < -0.3 is 10.5 Å². The Kier molecular flexibility index (Phi) is 3.47. The lowest BCUT2D eigenvalue weighted by molar-refractivity contribution is 0.306. The van der Waals surface area contributed by atoms with E-state index in [9.17, 15) is 0 Å². The van der Waals surface area contributed by atoms with Gasteiger partial charge in [-0.05, 0) is 48.1 Å². The second-order valence-electron chi connectivity index (χ2n) is 4.97. The van der Waals surface area contributed by atoms with Gasteiger partial charge in [0.05, 0.1) is 0 Å². The molecule has 2 aromatic carbocycles. The molecule has 0 radical (unpaired) electrons. The number of fused-ring (bicyclic) bond motifs is 1. The molecule has 2 N–H and O–H groups in total. The number of rotatable bonds is 3. The van der Waals surface area contributed by atoms with Crippen molar-refractivity contribution in [2.24, 2.45) is 0 Å². The lowest BCUT2D eigenvalue weighted by Gasteiger charge is -2.09. The smallest absolute Gasteiger partial charge is 0.122 e. The number of ether oxygens (including phenoxy) is 1. The fourth-order valence-electron chi connectivity index (χ4n) is 2.55. The molecule has 0 fully saturated rings. The van der Waals surface area contributed by atoms with Crippen molar-refractivity contribution < 1.29 is 4.74 Å². The van der Waals surface area contributed by atoms with Crippen molar-refractivity contribution >= 4 is 21.6 Å². The van der Waals surface area contributed by atoms with Gasteiger partial charge in [0.2, 0.25) is 0 Å². The monoisotopic (exact) mass is 317 g/mol. The number of aryl methyl sites for hydroxylation is 2. The Morgan fingerprint density at radius 2 is 1.89 bits per heavy atom. The average Bonchev–Trinajstić information content (AvgIpc) is 2.82. The Morgan fingerprint density at radius 1 is 1.05 bits per heavy atom. The lowest BCUT2D eigenvalue weighted by Crippen LogP contribution is -1.97. The molecule has 0 bridgehead atoms. The van der Waals surface area contributed by atoms with Crippen LogP contribution >= 0.6 is 15.9 Å². The summed E-state index contributed by atoms with van der Waals surface area (Å²) in [6.45, 7) is 0.586. The zero-order chi connectivity index (χ0) is 13.2. The SMILES string of the molecule is Nc1cc(Br)cc(OCc2ccc3c(c2)CCC3)c1. The zero-order valence-electron chi connectivity index (χ0n) is 10.7. The molecule has 0 aromatic heterocycles. The average molecular weight is 318 g/mol. The van der Waals surface area contributed by atoms with Gasteiger partial charge >= 0.3 is 0 Å². The summed E-state index contributed by atoms with van der Waals surface area (Å²) < 4.78 is 6.74. The van der Waals surface area contributed by atoms with Crippen molar-refractivity contribution in [3.8, 4) is 5.75 Å². The quantitative estimate of drug-likeness (QED) is 0.865. The minimum Gasteiger partial charge on any atom is -0.489 e. The summed E-state index contributed by atoms with van der Waals surface area (Å²) in [4.78, 5) is 0. The number of halogens is 1. The number of anilines is 1. The fourth-order valence-corrected chi connectivity index (χ4v) is 3.04. The van der Waals surface area contributed by atoms with E-state index in [1.54, 1.807) is 0 Å². The Balaban J connectivity index is 1.72. The van der Waals surface area contributed by atoms with Crippen molar-refractivity contribution in [2.45, 2.75) is 25.9 Å². The van der Waals surface area contributed by atoms with Gasteiger partial charge in [-0.15, -0.1) is 0 Å². The van der Waals surface area contributed by atoms with Gasteiger partial charge in [-0.1, -0.05) is 34.1 Å². The van der Waals surface area contributed by atoms with Gasteiger partial charge in [0, 0.05) is 16.2 Å². The molecule has 2 aromatic rings. The summed E-state index contributed by atoms with van der Waals surface area (Å²) in [6.07, 6.45) is 3.70. The van der Waals surface area contributed by atoms with Gasteiger partial charge in [-0.2, -0.15) is 0 Å². The van der Waals surface area contributed by atoms with Crippen LogP contribution in [0.5, 0.6) is 5.75 Å². The van der Waals surface area contributed by atoms with E-state index in [0.29, 0.717) is 12.3 Å². The van der Waals surface area contributed by atoms with E-state index in [-0.39, 0.29) is 0 Å². The first-order chi connectivity index (χ1) is 9.20. The van der Waals surface area contributed by atoms with E-state index < -0.39 is 0 Å². The Hall–Kier alpha value is -1.48. The maximum absolute atomic E-state index is 5.80. The van der Waals surface area contributed by atoms with Gasteiger partial charge in [-0.3, -0.25) is 0 Å². The van der Waals surface area contributed by atoms with Crippen molar-refractivity contribution in [2.75, 3.05) is 5.73 Å². The molecule has 0 unspecified atom stereocenters. The highest BCUT2D eigenvalue weighted by molar-refractivity contribution is 9.10. The van der Waals surface area contributed by atoms with Crippen LogP contribution in [0.4, 0.5) is 5.69 Å². The molecule has 0 aliphatic heterocycles. The van der Waals surface area contributed by atoms with Crippen LogP contribution in [0.3, 0.4) is 0 Å². The number of hydrogen-bond acceptors (Lipinski definition) is 2. The number of benzene rings is 2. The Bertz CT molecular complexity index is 589. The third-order valence-electron chi connectivity index (χ3n) is 3.46. The third kappa shape index (κ3) is 2.92. The minimum atomic E-state index is 0.586. The van der Waals surface area contributed by atoms with Crippen LogP contribution in [0.15, 0.2) is 40.9 Å². The Labute approximate surface area is 121 Å². The first kappa shape index (κ1) is 12.5. The van der Waals surface area contributed by atoms with Crippen LogP contribution in [0, 0.1) is 0 Å². The first-order valence-electron chi connectivity index (χ1n) is 6.50. The standard InChI is InChI=1S/C16H16BrNO/c17-14-7-15(18)9-16(8-14)19-10-11-4-5-12-2-1-3-13(12)6-11/h4-9H,1-3,10,18H2. The summed E-state index contributed by atoms with van der Waals surface area (Å²) in [5.74, 6) is 0.798. The highest BCUT2D eigenvalue weighted by atomic mass is 79.9. The van der Waals surface area contributed by atoms with Crippen LogP contribution in [0.2, 0.25) is 0 Å². The minimum absolute atomic E-state index is 0.586. The highest BCUT2D eigenvalue weighted by Gasteiger charge is 2.10. The first-order valence-corrected chi connectivity index (χ1v) is 7.29. The second kappa shape index (κ2) is 5.25. The molecular formula is C16H16BrNO. The van der Waals surface area contributed by atoms with Gasteiger partial charge in [0.15, 0.2) is 0 Å². The molecule has 2 nitrogen and oxygen atoms in total. The predicted molar refractivity (Wildman–Crippen MR) is 81.4 cm³/mol. The fraction of sp³-hybridized carbons (Fsp3) is 0.250. The van der Waals surface area contributed by atoms with E-state index in [4.69, 9.17) is 10.5 Å². The molecule has 0 saturated carbocycles. The Morgan fingerprint density at radius 3 is 2.74 bits per heavy atom. The van der Waals surface area contributed by atoms with Crippen LogP contribution in [-0.2, 0) is 19.4 Å². The van der Waals surface area contributed by atoms with E-state index in [1.807, 2.05) is 18.2 Å². The zero-order valence-corrected chi connectivity index (χ0v) is 12.2. The molecular weight excluding hydrogens is 302 g/mol. The third-order valence-corrected chi connectivity index (χ3v) is 3.92. The van der Waals surface area contributed by atoms with E-state index in [2.05, 4.69) is 34.1 Å². The molecule has 0 heterocycles. The van der Waals surface area contributed by atoms with Gasteiger partial charge in [-0.25, -0.2) is 0 Å². The summed E-state index contributed by atoms with van der Waals surface area (Å²) in [5.41, 5.74) is 10.7. The van der Waals surface area contributed by atoms with Crippen molar-refractivity contribution in [3.05, 3.63) is 57.6 Å². The molecule has 3 rings (SSSR count). The molecule has 19 heavy (non-hydrogen) atoms. The van der Waals surface area contributed by atoms with Crippen molar-refractivity contribution in [1.82, 2.24) is 0 Å². The van der Waals surface area contributed by atoms with E-state index >= 15 is 0 Å². The van der Waals surface area contributed by atoms with Gasteiger partial charge in [0.25, 0.3) is 0 Å². The molecule has 0 spiro atoms. The summed E-state index contributed by atoms with van der Waals surface area (Å²) >= 11 is 3.42. The van der Waals surface area contributed by atoms with E-state index in [1.165, 1.54) is 36.0 Å². The highest BCUT2D eigenvalue weighted by Crippen LogP contribution is 2.25. The van der Waals surface area contributed by atoms with E-state index in [0.717, 1.165) is 10.2 Å². The van der Waals surface area contributed by atoms with Crippen molar-refractivity contribution in [3.63, 3.8) is 0 Å². The van der Waals surface area contributed by atoms with Crippen LogP contribution in [0.1, 0.15) is 23.1 Å². The summed E-state index contributed by atoms with van der Waals surface area (Å²) in [5, 5.41) is 0. The predicted octanol–water partition coefficient (Wildman–Crippen LogP) is 4.10. The number of nitrogens with two attached hydrogens (primary N) is 1. The summed E-state index contributed by atoms with van der Waals surface area (Å²) in [7, 11) is 0. The molecule has 1 aliphatic carbocycles. The van der Waals surface area contributed by atoms with Gasteiger partial charge in [0.1, 0.15) is 12.4 Å². The normalized spacial score (nSPS) is 13.3. The molecule has 0 atom stereocenters. The second-order valence-corrected chi connectivity index (χ2v) is 5.88. The molecule has 1 aliphatic rings. The number of nitrogen functional groups attached to an aromatic ring is 1. The molecule has 98 valence electrons.